The van der Waals surface area contributed by atoms with Crippen LogP contribution in [0.15, 0.2) is 0 Å². The second-order valence-electron chi connectivity index (χ2n) is 4.03. The monoisotopic (exact) mass is 337 g/mol. The van der Waals surface area contributed by atoms with E-state index >= 15 is 0 Å². The third-order valence-corrected chi connectivity index (χ3v) is 4.33. The third-order valence-electron chi connectivity index (χ3n) is 2.48. The zero-order chi connectivity index (χ0) is 16.1. The molecule has 0 aromatic rings. The first-order valence-corrected chi connectivity index (χ1v) is 8.28. The van der Waals surface area contributed by atoms with E-state index in [1.54, 1.807) is 0 Å². The van der Waals surface area contributed by atoms with Crippen molar-refractivity contribution in [3.05, 3.63) is 10.1 Å². The van der Waals surface area contributed by atoms with E-state index in [1.807, 2.05) is 0 Å². The van der Waals surface area contributed by atoms with Crippen LogP contribution in [0, 0.1) is 10.1 Å². The van der Waals surface area contributed by atoms with Crippen molar-refractivity contribution in [2.75, 3.05) is 0 Å². The van der Waals surface area contributed by atoms with Gasteiger partial charge in [-0.2, -0.15) is 16.8 Å². The molecule has 0 aromatic heterocycles. The van der Waals surface area contributed by atoms with E-state index in [0.717, 1.165) is 0 Å². The summed E-state index contributed by atoms with van der Waals surface area (Å²) in [5.41, 5.74) is -4.37. The molecule has 0 saturated heterocycles. The molecule has 3 atom stereocenters. The third kappa shape index (κ3) is 7.06. The number of aliphatic hydroxyl groups is 2. The number of rotatable bonds is 9. The summed E-state index contributed by atoms with van der Waals surface area (Å²) >= 11 is 0. The van der Waals surface area contributed by atoms with Crippen LogP contribution in [-0.2, 0) is 20.2 Å². The zero-order valence-electron chi connectivity index (χ0n) is 10.1. The molecule has 4 N–H and O–H groups in total. The molecule has 0 heterocycles. The van der Waals surface area contributed by atoms with Gasteiger partial charge in [-0.15, -0.1) is 0 Å². The van der Waals surface area contributed by atoms with Gasteiger partial charge in [-0.05, 0) is 12.8 Å². The fraction of sp³-hybridized carbons (Fsp3) is 1.00. The fourth-order valence-corrected chi connectivity index (χ4v) is 2.19. The van der Waals surface area contributed by atoms with Crippen molar-refractivity contribution in [1.82, 2.24) is 0 Å². The van der Waals surface area contributed by atoms with Crippen LogP contribution in [0.25, 0.3) is 0 Å². The minimum absolute atomic E-state index is 0.466. The highest BCUT2D eigenvalue weighted by Gasteiger charge is 2.29. The Bertz CT molecular complexity index is 484. The predicted molar refractivity (Wildman–Crippen MR) is 64.4 cm³/mol. The van der Waals surface area contributed by atoms with Crippen molar-refractivity contribution in [2.24, 2.45) is 0 Å². The maximum Gasteiger partial charge on any atom is 0.291 e. The molecular formula is C7H15NO10S2. The van der Waals surface area contributed by atoms with Gasteiger partial charge in [0.1, 0.15) is 0 Å². The Morgan fingerprint density at radius 2 is 1.15 bits per heavy atom. The predicted octanol–water partition coefficient (Wildman–Crippen LogP) is -1.40. The molecule has 0 fully saturated rings. The molecule has 0 aliphatic heterocycles. The van der Waals surface area contributed by atoms with E-state index in [9.17, 15) is 26.9 Å². The normalized spacial score (nSPS) is 17.4. The van der Waals surface area contributed by atoms with E-state index in [-0.39, 0.29) is 0 Å². The van der Waals surface area contributed by atoms with Crippen molar-refractivity contribution in [3.63, 3.8) is 0 Å². The minimum atomic E-state index is -4.73. The Kier molecular flexibility index (Phi) is 6.92. The van der Waals surface area contributed by atoms with Crippen LogP contribution in [0.2, 0.25) is 0 Å². The van der Waals surface area contributed by atoms with Gasteiger partial charge >= 0.3 is 0 Å². The van der Waals surface area contributed by atoms with Gasteiger partial charge in [0.15, 0.2) is 10.9 Å². The Hall–Kier alpha value is -0.860. The fourth-order valence-electron chi connectivity index (χ4n) is 1.32. The summed E-state index contributed by atoms with van der Waals surface area (Å²) in [5, 5.41) is 28.6. The number of hydrogen-bond donors (Lipinski definition) is 4. The second-order valence-corrected chi connectivity index (χ2v) is 7.18. The standard InChI is InChI=1S/C7H15NO10S2/c9-6(19(13,14)15)3-1-5(8(11)12)2-4-7(10)20(16,17)18/h5-7,9-10H,1-4H2,(H,13,14,15)(H,16,17,18)/t5?,6-,7+. The van der Waals surface area contributed by atoms with Gasteiger partial charge in [0, 0.05) is 17.8 Å². The van der Waals surface area contributed by atoms with E-state index in [1.165, 1.54) is 0 Å². The van der Waals surface area contributed by atoms with Crippen LogP contribution in [0.1, 0.15) is 25.7 Å². The Morgan fingerprint density at radius 1 is 0.850 bits per heavy atom. The molecule has 0 spiro atoms. The second kappa shape index (κ2) is 7.24. The van der Waals surface area contributed by atoms with Gasteiger partial charge in [0.25, 0.3) is 20.2 Å². The summed E-state index contributed by atoms with van der Waals surface area (Å²) in [5.74, 6) is 0. The summed E-state index contributed by atoms with van der Waals surface area (Å²) in [6, 6.07) is -1.44. The Morgan fingerprint density at radius 3 is 1.35 bits per heavy atom. The molecule has 0 rings (SSSR count). The number of aliphatic hydroxyl groups excluding tert-OH is 2. The van der Waals surface area contributed by atoms with Crippen LogP contribution >= 0.6 is 0 Å². The highest BCUT2D eigenvalue weighted by atomic mass is 32.2. The summed E-state index contributed by atoms with van der Waals surface area (Å²) in [6.07, 6.45) is -2.20. The molecule has 11 nitrogen and oxygen atoms in total. The summed E-state index contributed by atoms with van der Waals surface area (Å²) in [7, 11) is -9.46. The van der Waals surface area contributed by atoms with Crippen LogP contribution in [-0.4, -0.2) is 58.0 Å². The van der Waals surface area contributed by atoms with Crippen LogP contribution in [0.3, 0.4) is 0 Å². The molecule has 0 radical (unpaired) electrons. The van der Waals surface area contributed by atoms with Crippen LogP contribution < -0.4 is 0 Å². The lowest BCUT2D eigenvalue weighted by Crippen LogP contribution is -2.28. The van der Waals surface area contributed by atoms with Crippen LogP contribution in [0.5, 0.6) is 0 Å². The van der Waals surface area contributed by atoms with Crippen LogP contribution in [0.4, 0.5) is 0 Å². The van der Waals surface area contributed by atoms with Gasteiger partial charge < -0.3 is 10.2 Å². The summed E-state index contributed by atoms with van der Waals surface area (Å²) in [6.45, 7) is 0. The lowest BCUT2D eigenvalue weighted by molar-refractivity contribution is -0.524. The summed E-state index contributed by atoms with van der Waals surface area (Å²) < 4.78 is 58.9. The van der Waals surface area contributed by atoms with Gasteiger partial charge in [-0.3, -0.25) is 19.2 Å². The van der Waals surface area contributed by atoms with Gasteiger partial charge in [-0.1, -0.05) is 0 Å². The lowest BCUT2D eigenvalue weighted by Gasteiger charge is -2.13. The molecular weight excluding hydrogens is 322 g/mol. The molecule has 0 aromatic carbocycles. The lowest BCUT2D eigenvalue weighted by atomic mass is 10.1. The first-order valence-electron chi connectivity index (χ1n) is 5.28. The summed E-state index contributed by atoms with van der Waals surface area (Å²) in [4.78, 5) is 9.80. The SMILES string of the molecule is O=[N+]([O-])C(CC[C@@H](O)S(=O)(=O)O)CC[C@H](O)S(=O)(=O)O. The molecule has 120 valence electrons. The average molecular weight is 337 g/mol. The van der Waals surface area contributed by atoms with Crippen molar-refractivity contribution in [2.45, 2.75) is 42.6 Å². The van der Waals surface area contributed by atoms with Crippen molar-refractivity contribution < 1.29 is 41.1 Å². The number of nitro groups is 1. The largest absolute Gasteiger partial charge is 0.375 e. The highest BCUT2D eigenvalue weighted by molar-refractivity contribution is 7.86. The first kappa shape index (κ1) is 19.1. The quantitative estimate of drug-likeness (QED) is 0.221. The van der Waals surface area contributed by atoms with E-state index in [2.05, 4.69) is 0 Å². The molecule has 0 bridgehead atoms. The molecule has 0 aliphatic rings. The van der Waals surface area contributed by atoms with E-state index < -0.39 is 67.8 Å². The van der Waals surface area contributed by atoms with E-state index in [4.69, 9.17) is 19.3 Å². The smallest absolute Gasteiger partial charge is 0.291 e. The molecule has 1 unspecified atom stereocenters. The molecule has 0 amide bonds. The highest BCUT2D eigenvalue weighted by Crippen LogP contribution is 2.15. The Balaban J connectivity index is 4.51. The molecule has 0 saturated carbocycles. The van der Waals surface area contributed by atoms with Crippen molar-refractivity contribution >= 4 is 20.2 Å². The van der Waals surface area contributed by atoms with Gasteiger partial charge in [-0.25, -0.2) is 0 Å². The maximum atomic E-state index is 10.6. The topological polar surface area (TPSA) is 192 Å². The number of nitrogens with zero attached hydrogens (tertiary/aromatic N) is 1. The molecule has 13 heteroatoms. The first-order chi connectivity index (χ1) is 8.85. The maximum absolute atomic E-state index is 10.6. The van der Waals surface area contributed by atoms with Gasteiger partial charge in [0.05, 0.1) is 0 Å². The Labute approximate surface area is 114 Å². The van der Waals surface area contributed by atoms with E-state index in [0.29, 0.717) is 0 Å². The zero-order valence-corrected chi connectivity index (χ0v) is 11.7. The van der Waals surface area contributed by atoms with Crippen molar-refractivity contribution in [3.8, 4) is 0 Å². The molecule has 20 heavy (non-hydrogen) atoms. The number of hydrogen-bond acceptors (Lipinski definition) is 8. The van der Waals surface area contributed by atoms with Crippen molar-refractivity contribution in [1.29, 1.82) is 0 Å². The molecule has 0 aliphatic carbocycles. The average Bonchev–Trinajstić information content (AvgIpc) is 2.24. The minimum Gasteiger partial charge on any atom is -0.375 e. The van der Waals surface area contributed by atoms with Gasteiger partial charge in [0.2, 0.25) is 6.04 Å².